The van der Waals surface area contributed by atoms with Gasteiger partial charge in [0.05, 0.1) is 8.07 Å². The first-order chi connectivity index (χ1) is 13.9. The third-order valence-corrected chi connectivity index (χ3v) is 15.7. The first kappa shape index (κ1) is 21.9. The molecule has 0 bridgehead atoms. The molecule has 0 aromatic carbocycles. The lowest BCUT2D eigenvalue weighted by molar-refractivity contribution is 0.268. The van der Waals surface area contributed by atoms with Crippen molar-refractivity contribution in [2.24, 2.45) is 47.3 Å². The molecule has 2 saturated carbocycles. The van der Waals surface area contributed by atoms with Crippen LogP contribution >= 0.6 is 0 Å². The molecule has 0 spiro atoms. The van der Waals surface area contributed by atoms with E-state index in [1.54, 1.807) is 0 Å². The topological polar surface area (TPSA) is 0 Å². The Kier molecular flexibility index (Phi) is 6.56. The third-order valence-electron chi connectivity index (χ3n) is 10.4. The molecule has 2 fully saturated rings. The molecule has 0 amide bonds. The number of fused-ring (bicyclic) bond motifs is 2. The van der Waals surface area contributed by atoms with Gasteiger partial charge in [-0.1, -0.05) is 90.8 Å². The molecule has 4 rings (SSSR count). The standard InChI is InChI=1S/C28H48Si/c1-7-13-21-19(3)27(25-17-11-9-15-23(21)25)29(5,6)28-20(4)22(14-8-2)24-16-10-12-18-26(24)28/h11-12,17-28H,7-10,13-16H2,1-6H3/t19?,20?,21?,22?,23-,24-,25?,26?,27?,28?/m0/s1. The van der Waals surface area contributed by atoms with Gasteiger partial charge in [-0.05, 0) is 84.1 Å². The fraction of sp³-hybridized carbons (Fsp3) is 0.857. The Balaban J connectivity index is 1.69. The van der Waals surface area contributed by atoms with Crippen LogP contribution in [0.5, 0.6) is 0 Å². The van der Waals surface area contributed by atoms with Crippen LogP contribution in [-0.2, 0) is 0 Å². The molecule has 0 saturated heterocycles. The Bertz CT molecular complexity index is 564. The van der Waals surface area contributed by atoms with Crippen LogP contribution in [0, 0.1) is 47.3 Å². The Morgan fingerprint density at radius 2 is 1.14 bits per heavy atom. The molecular weight excluding hydrogens is 364 g/mol. The maximum atomic E-state index is 2.84. The molecule has 0 nitrogen and oxygen atoms in total. The maximum Gasteiger partial charge on any atom is 0.0553 e. The lowest BCUT2D eigenvalue weighted by Crippen LogP contribution is -2.46. The minimum atomic E-state index is -1.42. The predicted molar refractivity (Wildman–Crippen MR) is 131 cm³/mol. The largest absolute Gasteiger partial charge is 0.0882 e. The van der Waals surface area contributed by atoms with Gasteiger partial charge in [-0.25, -0.2) is 0 Å². The van der Waals surface area contributed by atoms with Crippen molar-refractivity contribution in [3.63, 3.8) is 0 Å². The van der Waals surface area contributed by atoms with Gasteiger partial charge in [-0.2, -0.15) is 0 Å². The molecule has 0 aromatic rings. The molecule has 0 aliphatic heterocycles. The summed E-state index contributed by atoms with van der Waals surface area (Å²) in [6.45, 7) is 15.9. The van der Waals surface area contributed by atoms with E-state index in [2.05, 4.69) is 65.1 Å². The van der Waals surface area contributed by atoms with Gasteiger partial charge in [-0.15, -0.1) is 0 Å². The van der Waals surface area contributed by atoms with Crippen molar-refractivity contribution in [2.75, 3.05) is 0 Å². The average molecular weight is 413 g/mol. The van der Waals surface area contributed by atoms with Gasteiger partial charge in [0.2, 0.25) is 0 Å². The normalized spacial score (nSPS) is 46.7. The van der Waals surface area contributed by atoms with E-state index in [0.29, 0.717) is 0 Å². The number of allylic oxidation sites excluding steroid dienone is 4. The molecule has 0 aromatic heterocycles. The van der Waals surface area contributed by atoms with E-state index < -0.39 is 8.07 Å². The van der Waals surface area contributed by atoms with Crippen molar-refractivity contribution in [2.45, 2.75) is 103 Å². The predicted octanol–water partition coefficient (Wildman–Crippen LogP) is 8.73. The van der Waals surface area contributed by atoms with Crippen LogP contribution in [0.15, 0.2) is 24.3 Å². The lowest BCUT2D eigenvalue weighted by atomic mass is 9.79. The van der Waals surface area contributed by atoms with Gasteiger partial charge in [-0.3, -0.25) is 0 Å². The summed E-state index contributed by atoms with van der Waals surface area (Å²) >= 11 is 0. The van der Waals surface area contributed by atoms with E-state index in [-0.39, 0.29) is 0 Å². The van der Waals surface area contributed by atoms with Gasteiger partial charge in [0, 0.05) is 0 Å². The van der Waals surface area contributed by atoms with Gasteiger partial charge in [0.1, 0.15) is 0 Å². The van der Waals surface area contributed by atoms with Crippen LogP contribution in [0.3, 0.4) is 0 Å². The summed E-state index contributed by atoms with van der Waals surface area (Å²) in [4.78, 5) is 0. The fourth-order valence-corrected chi connectivity index (χ4v) is 16.1. The van der Waals surface area contributed by atoms with Crippen LogP contribution < -0.4 is 0 Å². The first-order valence-corrected chi connectivity index (χ1v) is 16.4. The van der Waals surface area contributed by atoms with Crippen LogP contribution in [0.4, 0.5) is 0 Å². The fourth-order valence-electron chi connectivity index (χ4n) is 9.73. The van der Waals surface area contributed by atoms with E-state index >= 15 is 0 Å². The van der Waals surface area contributed by atoms with Gasteiger partial charge in [0.15, 0.2) is 0 Å². The van der Waals surface area contributed by atoms with Crippen LogP contribution in [0.2, 0.25) is 24.2 Å². The van der Waals surface area contributed by atoms with Crippen molar-refractivity contribution in [1.82, 2.24) is 0 Å². The van der Waals surface area contributed by atoms with Gasteiger partial charge < -0.3 is 0 Å². The zero-order chi connectivity index (χ0) is 20.8. The Labute approximate surface area is 183 Å². The van der Waals surface area contributed by atoms with Crippen molar-refractivity contribution >= 4 is 8.07 Å². The molecule has 164 valence electrons. The number of hydrogen-bond donors (Lipinski definition) is 0. The second-order valence-corrected chi connectivity index (χ2v) is 17.0. The first-order valence-electron chi connectivity index (χ1n) is 13.3. The highest BCUT2D eigenvalue weighted by molar-refractivity contribution is 6.80. The second kappa shape index (κ2) is 8.68. The summed E-state index contributed by atoms with van der Waals surface area (Å²) in [5.41, 5.74) is 2.01. The molecule has 0 radical (unpaired) electrons. The van der Waals surface area contributed by atoms with E-state index in [1.165, 1.54) is 51.4 Å². The number of rotatable bonds is 6. The quantitative estimate of drug-likeness (QED) is 0.302. The summed E-state index contributed by atoms with van der Waals surface area (Å²) in [5.74, 6) is 7.66. The van der Waals surface area contributed by atoms with Crippen LogP contribution in [-0.4, -0.2) is 8.07 Å². The molecule has 4 aliphatic carbocycles. The average Bonchev–Trinajstić information content (AvgIpc) is 3.15. The minimum absolute atomic E-state index is 0.903. The molecule has 0 heterocycles. The van der Waals surface area contributed by atoms with Crippen molar-refractivity contribution in [3.05, 3.63) is 24.3 Å². The van der Waals surface area contributed by atoms with Gasteiger partial charge in [0.25, 0.3) is 0 Å². The Hall–Kier alpha value is -0.303. The summed E-state index contributed by atoms with van der Waals surface area (Å²) < 4.78 is 0. The molecule has 8 unspecified atom stereocenters. The summed E-state index contributed by atoms with van der Waals surface area (Å²) in [7, 11) is -1.42. The van der Waals surface area contributed by atoms with Crippen molar-refractivity contribution in [3.8, 4) is 0 Å². The third kappa shape index (κ3) is 3.56. The highest BCUT2D eigenvalue weighted by atomic mass is 28.3. The van der Waals surface area contributed by atoms with E-state index in [9.17, 15) is 0 Å². The molecule has 0 N–H and O–H groups in total. The zero-order valence-electron chi connectivity index (χ0n) is 20.2. The Morgan fingerprint density at radius 1 is 0.724 bits per heavy atom. The minimum Gasteiger partial charge on any atom is -0.0882 e. The zero-order valence-corrected chi connectivity index (χ0v) is 21.2. The summed E-state index contributed by atoms with van der Waals surface area (Å²) in [6, 6.07) is 0. The summed E-state index contributed by atoms with van der Waals surface area (Å²) in [6.07, 6.45) is 21.9. The maximum absolute atomic E-state index is 2.84. The SMILES string of the molecule is CCCC1C(C)C([Si](C)(C)C2C(C)C(CCC)[C@@H]3CCC=CC23)C2C=CCC[C@H]21. The molecule has 1 heteroatoms. The van der Waals surface area contributed by atoms with Crippen LogP contribution in [0.1, 0.15) is 79.1 Å². The van der Waals surface area contributed by atoms with E-state index in [4.69, 9.17) is 0 Å². The second-order valence-electron chi connectivity index (χ2n) is 12.0. The monoisotopic (exact) mass is 412 g/mol. The lowest BCUT2D eigenvalue weighted by Gasteiger charge is -2.46. The van der Waals surface area contributed by atoms with Gasteiger partial charge >= 0.3 is 0 Å². The van der Waals surface area contributed by atoms with Crippen LogP contribution in [0.25, 0.3) is 0 Å². The summed E-state index contributed by atoms with van der Waals surface area (Å²) in [5, 5.41) is 0. The van der Waals surface area contributed by atoms with E-state index in [0.717, 1.165) is 58.4 Å². The van der Waals surface area contributed by atoms with Crippen molar-refractivity contribution < 1.29 is 0 Å². The number of hydrogen-bond acceptors (Lipinski definition) is 0. The van der Waals surface area contributed by atoms with E-state index in [1.807, 2.05) is 0 Å². The molecule has 29 heavy (non-hydrogen) atoms. The highest BCUT2D eigenvalue weighted by Crippen LogP contribution is 2.66. The molecule has 10 atom stereocenters. The molecular formula is C28H48Si. The van der Waals surface area contributed by atoms with Crippen molar-refractivity contribution in [1.29, 1.82) is 0 Å². The Morgan fingerprint density at radius 3 is 1.52 bits per heavy atom. The molecule has 4 aliphatic rings. The smallest absolute Gasteiger partial charge is 0.0553 e. The highest BCUT2D eigenvalue weighted by Gasteiger charge is 2.60.